The number of carbonyl (C=O) groups is 1. The molecule has 3 atom stereocenters. The first-order valence-corrected chi connectivity index (χ1v) is 12.7. The largest absolute Gasteiger partial charge is 0.394 e. The molecule has 0 aliphatic carbocycles. The second-order valence-electron chi connectivity index (χ2n) is 10.0. The molecule has 8 nitrogen and oxygen atoms in total. The van der Waals surface area contributed by atoms with Crippen LogP contribution in [0.2, 0.25) is 0 Å². The Morgan fingerprint density at radius 3 is 2.74 bits per heavy atom. The molecule has 1 saturated heterocycles. The van der Waals surface area contributed by atoms with Gasteiger partial charge in [-0.05, 0) is 84.9 Å². The predicted molar refractivity (Wildman–Crippen MR) is 141 cm³/mol. The molecule has 206 valence electrons. The van der Waals surface area contributed by atoms with Crippen molar-refractivity contribution >= 4 is 17.3 Å². The van der Waals surface area contributed by atoms with E-state index in [1.54, 1.807) is 49.7 Å². The normalized spacial score (nSPS) is 21.8. The molecule has 11 heteroatoms. The molecule has 3 heterocycles. The zero-order valence-corrected chi connectivity index (χ0v) is 21.7. The lowest BCUT2D eigenvalue weighted by atomic mass is 9.84. The highest BCUT2D eigenvalue weighted by Crippen LogP contribution is 2.35. The molecule has 4 rings (SSSR count). The fourth-order valence-corrected chi connectivity index (χ4v) is 4.88. The topological polar surface area (TPSA) is 113 Å². The molecule has 0 saturated carbocycles. The number of rotatable bonds is 7. The number of urea groups is 1. The van der Waals surface area contributed by atoms with Gasteiger partial charge in [-0.25, -0.2) is 4.79 Å². The van der Waals surface area contributed by atoms with E-state index in [-0.39, 0.29) is 25.7 Å². The first kappa shape index (κ1) is 28.0. The van der Waals surface area contributed by atoms with Crippen molar-refractivity contribution in [3.8, 4) is 6.07 Å². The fourth-order valence-electron chi connectivity index (χ4n) is 4.88. The molecule has 4 N–H and O–H groups in total. The van der Waals surface area contributed by atoms with Gasteiger partial charge in [-0.15, -0.1) is 0 Å². The molecule has 1 aromatic carbocycles. The van der Waals surface area contributed by atoms with Crippen LogP contribution in [-0.4, -0.2) is 52.9 Å². The maximum absolute atomic E-state index is 12.9. The lowest BCUT2D eigenvalue weighted by Gasteiger charge is -2.33. The first-order chi connectivity index (χ1) is 18.5. The molecule has 2 aromatic rings. The summed E-state index contributed by atoms with van der Waals surface area (Å²) in [5.74, 6) is -0.0668. The van der Waals surface area contributed by atoms with Gasteiger partial charge in [0.2, 0.25) is 0 Å². The summed E-state index contributed by atoms with van der Waals surface area (Å²) < 4.78 is 38.3. The zero-order valence-electron chi connectivity index (χ0n) is 21.7. The van der Waals surface area contributed by atoms with Crippen molar-refractivity contribution in [2.75, 3.05) is 25.0 Å². The number of aryl methyl sites for hydroxylation is 1. The molecule has 2 amide bonds. The monoisotopic (exact) mass is 540 g/mol. The van der Waals surface area contributed by atoms with E-state index in [1.807, 2.05) is 19.1 Å². The van der Waals surface area contributed by atoms with Crippen molar-refractivity contribution < 1.29 is 23.1 Å². The number of dihydropyridines is 1. The Balaban J connectivity index is 1.63. The summed E-state index contributed by atoms with van der Waals surface area (Å²) in [6, 6.07) is 10.5. The maximum Gasteiger partial charge on any atom is 0.389 e. The van der Waals surface area contributed by atoms with Crippen LogP contribution in [0, 0.1) is 24.2 Å². The van der Waals surface area contributed by atoms with Gasteiger partial charge >= 0.3 is 12.2 Å². The third kappa shape index (κ3) is 6.70. The summed E-state index contributed by atoms with van der Waals surface area (Å²) in [5, 5.41) is 29.1. The minimum atomic E-state index is -4.25. The number of amides is 2. The van der Waals surface area contributed by atoms with Crippen molar-refractivity contribution in [2.24, 2.45) is 5.92 Å². The standard InChI is InChI=1S/C28H31F3N6O2/c1-18-3-4-23(35-26(39)37-10-7-20(15-37)13-28(29,30)31)12-24(18)21-11-25(34-19(2)16-38)36-27(14-21,17-32)22-5-8-33-9-6-22/h3-6,8-9,11-12,14,19-20,34,36,38H,7,10,13,15-16H2,1-2H3,(H,35,39)/t19?,20-,27?/m0/s1. The van der Waals surface area contributed by atoms with Gasteiger partial charge in [0, 0.05) is 43.6 Å². The van der Waals surface area contributed by atoms with Crippen LogP contribution >= 0.6 is 0 Å². The van der Waals surface area contributed by atoms with Gasteiger partial charge in [0.15, 0.2) is 5.54 Å². The summed E-state index contributed by atoms with van der Waals surface area (Å²) in [7, 11) is 0. The van der Waals surface area contributed by atoms with Gasteiger partial charge in [0.1, 0.15) is 11.9 Å². The molecular formula is C28H31F3N6O2. The summed E-state index contributed by atoms with van der Waals surface area (Å²) in [6.45, 7) is 3.91. The minimum absolute atomic E-state index is 0.0539. The van der Waals surface area contributed by atoms with Crippen LogP contribution in [0.3, 0.4) is 0 Å². The Hall–Kier alpha value is -4.04. The molecule has 1 aromatic heterocycles. The van der Waals surface area contributed by atoms with Crippen LogP contribution in [0.25, 0.3) is 5.57 Å². The summed E-state index contributed by atoms with van der Waals surface area (Å²) in [4.78, 5) is 18.3. The Morgan fingerprint density at radius 2 is 2.08 bits per heavy atom. The minimum Gasteiger partial charge on any atom is -0.394 e. The predicted octanol–water partition coefficient (Wildman–Crippen LogP) is 4.41. The van der Waals surface area contributed by atoms with E-state index in [0.29, 0.717) is 29.1 Å². The van der Waals surface area contributed by atoms with Gasteiger partial charge in [-0.3, -0.25) is 4.98 Å². The van der Waals surface area contributed by atoms with Gasteiger partial charge in [0.25, 0.3) is 0 Å². The van der Waals surface area contributed by atoms with Gasteiger partial charge < -0.3 is 26.0 Å². The molecule has 1 fully saturated rings. The van der Waals surface area contributed by atoms with E-state index in [2.05, 4.69) is 27.0 Å². The van der Waals surface area contributed by atoms with Crippen molar-refractivity contribution in [1.29, 1.82) is 5.26 Å². The zero-order chi connectivity index (χ0) is 28.2. The van der Waals surface area contributed by atoms with E-state index in [4.69, 9.17) is 0 Å². The number of benzene rings is 1. The number of alkyl halides is 3. The maximum atomic E-state index is 12.9. The van der Waals surface area contributed by atoms with Crippen LogP contribution in [0.5, 0.6) is 0 Å². The number of nitrogens with zero attached hydrogens (tertiary/aromatic N) is 3. The van der Waals surface area contributed by atoms with Gasteiger partial charge in [-0.2, -0.15) is 18.4 Å². The number of nitriles is 1. The Morgan fingerprint density at radius 1 is 1.33 bits per heavy atom. The van der Waals surface area contributed by atoms with Crippen molar-refractivity contribution in [1.82, 2.24) is 20.5 Å². The number of aromatic nitrogens is 1. The number of hydrogen-bond donors (Lipinski definition) is 4. The summed E-state index contributed by atoms with van der Waals surface area (Å²) in [5.41, 5.74) is 2.28. The molecule has 2 aliphatic rings. The number of aliphatic hydroxyl groups excluding tert-OH is 1. The molecule has 39 heavy (non-hydrogen) atoms. The molecule has 2 unspecified atom stereocenters. The van der Waals surface area contributed by atoms with E-state index >= 15 is 0 Å². The highest BCUT2D eigenvalue weighted by Gasteiger charge is 2.37. The van der Waals surface area contributed by atoms with Crippen LogP contribution < -0.4 is 16.0 Å². The third-order valence-corrected chi connectivity index (χ3v) is 6.88. The molecule has 0 bridgehead atoms. The third-order valence-electron chi connectivity index (χ3n) is 6.88. The first-order valence-electron chi connectivity index (χ1n) is 12.7. The lowest BCUT2D eigenvalue weighted by molar-refractivity contribution is -0.143. The number of pyridine rings is 1. The van der Waals surface area contributed by atoms with Gasteiger partial charge in [0.05, 0.1) is 6.61 Å². The molecule has 0 radical (unpaired) electrons. The average molecular weight is 541 g/mol. The number of likely N-dealkylation sites (tertiary alicyclic amines) is 1. The van der Waals surface area contributed by atoms with Gasteiger partial charge in [-0.1, -0.05) is 6.07 Å². The number of nitrogens with one attached hydrogen (secondary N) is 3. The molecule has 2 aliphatic heterocycles. The number of hydrogen-bond acceptors (Lipinski definition) is 6. The number of allylic oxidation sites excluding steroid dienone is 2. The van der Waals surface area contributed by atoms with Crippen LogP contribution in [-0.2, 0) is 5.54 Å². The van der Waals surface area contributed by atoms with Crippen LogP contribution in [0.4, 0.5) is 23.7 Å². The smallest absolute Gasteiger partial charge is 0.389 e. The van der Waals surface area contributed by atoms with E-state index in [9.17, 15) is 28.3 Å². The quantitative estimate of drug-likeness (QED) is 0.414. The summed E-state index contributed by atoms with van der Waals surface area (Å²) in [6.07, 6.45) is 1.99. The van der Waals surface area contributed by atoms with Crippen LogP contribution in [0.1, 0.15) is 36.5 Å². The SMILES string of the molecule is Cc1ccc(NC(=O)N2CC[C@@H](CC(F)(F)F)C2)cc1C1=CC(C#N)(c2ccncc2)NC(NC(C)CO)=C1. The van der Waals surface area contributed by atoms with E-state index in [1.165, 1.54) is 4.90 Å². The second kappa shape index (κ2) is 11.4. The Kier molecular flexibility index (Phi) is 8.16. The molecular weight excluding hydrogens is 509 g/mol. The molecule has 0 spiro atoms. The van der Waals surface area contributed by atoms with Crippen LogP contribution in [0.15, 0.2) is 60.7 Å². The highest BCUT2D eigenvalue weighted by atomic mass is 19.4. The van der Waals surface area contributed by atoms with E-state index < -0.39 is 30.1 Å². The van der Waals surface area contributed by atoms with Crippen molar-refractivity contribution in [3.05, 3.63) is 77.4 Å². The lowest BCUT2D eigenvalue weighted by Crippen LogP contribution is -2.47. The Labute approximate surface area is 225 Å². The fraction of sp³-hybridized carbons (Fsp3) is 0.393. The highest BCUT2D eigenvalue weighted by molar-refractivity contribution is 5.91. The van der Waals surface area contributed by atoms with Crippen molar-refractivity contribution in [3.63, 3.8) is 0 Å². The number of anilines is 1. The van der Waals surface area contributed by atoms with E-state index in [0.717, 1.165) is 11.1 Å². The average Bonchev–Trinajstić information content (AvgIpc) is 3.37. The number of carbonyl (C=O) groups excluding carboxylic acids is 1. The Bertz CT molecular complexity index is 1300. The number of aliphatic hydroxyl groups is 1. The summed E-state index contributed by atoms with van der Waals surface area (Å²) >= 11 is 0. The second-order valence-corrected chi connectivity index (χ2v) is 10.0. The number of halogens is 3. The van der Waals surface area contributed by atoms with Crippen molar-refractivity contribution in [2.45, 2.75) is 44.4 Å².